The molecule has 1 fully saturated rings. The van der Waals surface area contributed by atoms with E-state index in [1.807, 2.05) is 42.6 Å². The van der Waals surface area contributed by atoms with Crippen LogP contribution >= 0.6 is 0 Å². The van der Waals surface area contributed by atoms with Crippen molar-refractivity contribution in [3.8, 4) is 0 Å². The Balaban J connectivity index is 1.37. The quantitative estimate of drug-likeness (QED) is 0.737. The van der Waals surface area contributed by atoms with Crippen molar-refractivity contribution in [1.29, 1.82) is 0 Å². The molecule has 0 radical (unpaired) electrons. The smallest absolute Gasteiger partial charge is 0.251 e. The molecular formula is C21H22N6O. The molecule has 142 valence electrons. The zero-order valence-electron chi connectivity index (χ0n) is 15.5. The fourth-order valence-corrected chi connectivity index (χ4v) is 3.22. The monoisotopic (exact) mass is 374 g/mol. The lowest BCUT2D eigenvalue weighted by molar-refractivity contribution is 0.0951. The van der Waals surface area contributed by atoms with Crippen molar-refractivity contribution in [3.05, 3.63) is 78.4 Å². The number of carbonyl (C=O) groups is 1. The number of pyridine rings is 3. The maximum Gasteiger partial charge on any atom is 0.251 e. The predicted molar refractivity (Wildman–Crippen MR) is 108 cm³/mol. The summed E-state index contributed by atoms with van der Waals surface area (Å²) in [5.74, 6) is 1.73. The van der Waals surface area contributed by atoms with Gasteiger partial charge < -0.3 is 15.1 Å². The number of carbonyl (C=O) groups excluding carboxylic acids is 1. The molecule has 0 unspecified atom stereocenters. The fraction of sp³-hybridized carbons (Fsp3) is 0.238. The lowest BCUT2D eigenvalue weighted by atomic mass is 10.2. The van der Waals surface area contributed by atoms with Gasteiger partial charge >= 0.3 is 0 Å². The largest absolute Gasteiger partial charge is 0.353 e. The lowest BCUT2D eigenvalue weighted by Gasteiger charge is -2.36. The minimum atomic E-state index is -0.104. The van der Waals surface area contributed by atoms with Crippen molar-refractivity contribution in [2.45, 2.75) is 6.54 Å². The lowest BCUT2D eigenvalue weighted by Crippen LogP contribution is -2.47. The minimum Gasteiger partial charge on any atom is -0.353 e. The number of nitrogens with zero attached hydrogens (tertiary/aromatic N) is 5. The molecule has 28 heavy (non-hydrogen) atoms. The van der Waals surface area contributed by atoms with E-state index in [0.717, 1.165) is 43.4 Å². The van der Waals surface area contributed by atoms with Crippen LogP contribution in [0.25, 0.3) is 0 Å². The molecule has 0 aromatic carbocycles. The molecule has 3 aromatic heterocycles. The molecule has 7 nitrogen and oxygen atoms in total. The standard InChI is InChI=1S/C21H22N6O/c28-21(25-16-17-4-8-22-9-5-17)18-6-10-24-20(15-18)27-13-11-26(12-14-27)19-3-1-2-7-23-19/h1-10,15H,11-14,16H2,(H,25,28). The molecule has 4 rings (SSSR count). The van der Waals surface area contributed by atoms with Crippen LogP contribution in [0.2, 0.25) is 0 Å². The molecule has 0 spiro atoms. The van der Waals surface area contributed by atoms with E-state index in [1.165, 1.54) is 0 Å². The highest BCUT2D eigenvalue weighted by Gasteiger charge is 2.19. The van der Waals surface area contributed by atoms with Gasteiger partial charge in [0.05, 0.1) is 0 Å². The predicted octanol–water partition coefficient (Wildman–Crippen LogP) is 2.13. The van der Waals surface area contributed by atoms with E-state index in [9.17, 15) is 4.79 Å². The molecular weight excluding hydrogens is 352 g/mol. The number of piperazine rings is 1. The first-order valence-electron chi connectivity index (χ1n) is 9.34. The first-order valence-corrected chi connectivity index (χ1v) is 9.34. The van der Waals surface area contributed by atoms with E-state index in [1.54, 1.807) is 24.7 Å². The second-order valence-corrected chi connectivity index (χ2v) is 6.60. The van der Waals surface area contributed by atoms with Gasteiger partial charge in [-0.1, -0.05) is 6.07 Å². The van der Waals surface area contributed by atoms with Crippen LogP contribution in [0.15, 0.2) is 67.3 Å². The van der Waals surface area contributed by atoms with Crippen molar-refractivity contribution in [2.75, 3.05) is 36.0 Å². The van der Waals surface area contributed by atoms with E-state index in [2.05, 4.69) is 30.1 Å². The summed E-state index contributed by atoms with van der Waals surface area (Å²) in [4.78, 5) is 29.8. The van der Waals surface area contributed by atoms with Gasteiger partial charge in [-0.2, -0.15) is 0 Å². The Hall–Kier alpha value is -3.48. The van der Waals surface area contributed by atoms with Gasteiger partial charge in [-0.15, -0.1) is 0 Å². The van der Waals surface area contributed by atoms with Crippen molar-refractivity contribution < 1.29 is 4.79 Å². The van der Waals surface area contributed by atoms with Crippen LogP contribution in [0.3, 0.4) is 0 Å². The maximum absolute atomic E-state index is 12.5. The third-order valence-electron chi connectivity index (χ3n) is 4.79. The third-order valence-corrected chi connectivity index (χ3v) is 4.79. The SMILES string of the molecule is O=C(NCc1ccncc1)c1ccnc(N2CCN(c3ccccn3)CC2)c1. The first-order chi connectivity index (χ1) is 13.8. The highest BCUT2D eigenvalue weighted by molar-refractivity contribution is 5.94. The minimum absolute atomic E-state index is 0.104. The molecule has 0 bridgehead atoms. The third kappa shape index (κ3) is 4.25. The highest BCUT2D eigenvalue weighted by Crippen LogP contribution is 2.18. The summed E-state index contributed by atoms with van der Waals surface area (Å²) in [5.41, 5.74) is 1.63. The molecule has 0 aliphatic carbocycles. The topological polar surface area (TPSA) is 74.2 Å². The molecule has 1 aliphatic heterocycles. The molecule has 3 aromatic rings. The van der Waals surface area contributed by atoms with Crippen LogP contribution in [0, 0.1) is 0 Å². The molecule has 0 atom stereocenters. The van der Waals surface area contributed by atoms with Crippen LogP contribution in [-0.4, -0.2) is 47.0 Å². The van der Waals surface area contributed by atoms with Crippen molar-refractivity contribution in [3.63, 3.8) is 0 Å². The Morgan fingerprint density at radius 1 is 0.857 bits per heavy atom. The fourth-order valence-electron chi connectivity index (χ4n) is 3.22. The Bertz CT molecular complexity index is 910. The molecule has 1 saturated heterocycles. The zero-order valence-corrected chi connectivity index (χ0v) is 15.5. The Kier molecular flexibility index (Phi) is 5.42. The van der Waals surface area contributed by atoms with Crippen LogP contribution in [0.4, 0.5) is 11.6 Å². The number of nitrogens with one attached hydrogen (secondary N) is 1. The normalized spacial score (nSPS) is 14.0. The van der Waals surface area contributed by atoms with E-state index >= 15 is 0 Å². The van der Waals surface area contributed by atoms with E-state index in [0.29, 0.717) is 12.1 Å². The van der Waals surface area contributed by atoms with Crippen LogP contribution < -0.4 is 15.1 Å². The van der Waals surface area contributed by atoms with Crippen LogP contribution in [0.1, 0.15) is 15.9 Å². The summed E-state index contributed by atoms with van der Waals surface area (Å²) in [6, 6.07) is 13.3. The van der Waals surface area contributed by atoms with Crippen LogP contribution in [-0.2, 0) is 6.54 Å². The van der Waals surface area contributed by atoms with Crippen LogP contribution in [0.5, 0.6) is 0 Å². The molecule has 1 N–H and O–H groups in total. The summed E-state index contributed by atoms with van der Waals surface area (Å²) in [5, 5.41) is 2.94. The van der Waals surface area contributed by atoms with Gasteiger partial charge in [0.1, 0.15) is 11.6 Å². The summed E-state index contributed by atoms with van der Waals surface area (Å²) >= 11 is 0. The average molecular weight is 374 g/mol. The number of hydrogen-bond acceptors (Lipinski definition) is 6. The highest BCUT2D eigenvalue weighted by atomic mass is 16.1. The summed E-state index contributed by atoms with van der Waals surface area (Å²) in [6.45, 7) is 3.90. The molecule has 4 heterocycles. The molecule has 1 amide bonds. The second kappa shape index (κ2) is 8.47. The van der Waals surface area contributed by atoms with Gasteiger partial charge in [0.25, 0.3) is 5.91 Å². The summed E-state index contributed by atoms with van der Waals surface area (Å²) in [7, 11) is 0. The molecule has 0 saturated carbocycles. The number of anilines is 2. The van der Waals surface area contributed by atoms with Crippen molar-refractivity contribution in [2.24, 2.45) is 0 Å². The Morgan fingerprint density at radius 3 is 2.29 bits per heavy atom. The number of rotatable bonds is 5. The Morgan fingerprint density at radius 2 is 1.57 bits per heavy atom. The number of aromatic nitrogens is 3. The van der Waals surface area contributed by atoms with Gasteiger partial charge in [0, 0.05) is 63.1 Å². The first kappa shape index (κ1) is 17.9. The van der Waals surface area contributed by atoms with Gasteiger partial charge in [-0.05, 0) is 42.0 Å². The van der Waals surface area contributed by atoms with Gasteiger partial charge in [0.15, 0.2) is 0 Å². The summed E-state index contributed by atoms with van der Waals surface area (Å²) in [6.07, 6.45) is 6.95. The van der Waals surface area contributed by atoms with Gasteiger partial charge in [-0.25, -0.2) is 9.97 Å². The van der Waals surface area contributed by atoms with Gasteiger partial charge in [0.2, 0.25) is 0 Å². The van der Waals surface area contributed by atoms with Gasteiger partial charge in [-0.3, -0.25) is 9.78 Å². The Labute approximate surface area is 164 Å². The van der Waals surface area contributed by atoms with E-state index in [4.69, 9.17) is 0 Å². The maximum atomic E-state index is 12.5. The molecule has 1 aliphatic rings. The van der Waals surface area contributed by atoms with E-state index in [-0.39, 0.29) is 5.91 Å². The van der Waals surface area contributed by atoms with Crippen molar-refractivity contribution >= 4 is 17.5 Å². The average Bonchev–Trinajstić information content (AvgIpc) is 2.79. The zero-order chi connectivity index (χ0) is 19.2. The molecule has 7 heteroatoms. The van der Waals surface area contributed by atoms with E-state index < -0.39 is 0 Å². The summed E-state index contributed by atoms with van der Waals surface area (Å²) < 4.78 is 0. The second-order valence-electron chi connectivity index (χ2n) is 6.60. The number of amides is 1. The van der Waals surface area contributed by atoms with Crippen molar-refractivity contribution in [1.82, 2.24) is 20.3 Å². The number of hydrogen-bond donors (Lipinski definition) is 1.